The van der Waals surface area contributed by atoms with Gasteiger partial charge in [-0.15, -0.1) is 0 Å². The lowest BCUT2D eigenvalue weighted by atomic mass is 10.1. The molecule has 1 aliphatic heterocycles. The van der Waals surface area contributed by atoms with Crippen LogP contribution in [0.3, 0.4) is 0 Å². The van der Waals surface area contributed by atoms with Crippen LogP contribution in [0.5, 0.6) is 0 Å². The number of carbonyl (C=O) groups is 2. The summed E-state index contributed by atoms with van der Waals surface area (Å²) in [5.41, 5.74) is 1.95. The van der Waals surface area contributed by atoms with Crippen molar-refractivity contribution in [2.24, 2.45) is 0 Å². The number of anilines is 1. The van der Waals surface area contributed by atoms with Crippen LogP contribution in [0, 0.1) is 0 Å². The molecule has 0 spiro atoms. The monoisotopic (exact) mass is 439 g/mol. The second-order valence-electron chi connectivity index (χ2n) is 6.34. The molecule has 4 rings (SSSR count). The third kappa shape index (κ3) is 4.05. The summed E-state index contributed by atoms with van der Waals surface area (Å²) in [5, 5.41) is 0.620. The molecule has 7 heteroatoms. The first-order valence-electron chi connectivity index (χ1n) is 8.67. The summed E-state index contributed by atoms with van der Waals surface area (Å²) >= 11 is 12.6. The van der Waals surface area contributed by atoms with E-state index in [1.807, 2.05) is 24.3 Å². The Morgan fingerprint density at radius 1 is 1.14 bits per heavy atom. The van der Waals surface area contributed by atoms with E-state index in [0.717, 1.165) is 5.56 Å². The number of rotatable bonds is 4. The zero-order valence-corrected chi connectivity index (χ0v) is 17.6. The van der Waals surface area contributed by atoms with Gasteiger partial charge in [0.15, 0.2) is 10.1 Å². The maximum Gasteiger partial charge on any atom is 0.270 e. The Balaban J connectivity index is 1.62. The minimum atomic E-state index is -0.249. The van der Waals surface area contributed by atoms with Crippen LogP contribution in [0.2, 0.25) is 5.02 Å². The van der Waals surface area contributed by atoms with Gasteiger partial charge in [0, 0.05) is 22.2 Å². The number of ketones is 1. The van der Waals surface area contributed by atoms with Crippen molar-refractivity contribution in [3.05, 3.63) is 81.9 Å². The highest BCUT2D eigenvalue weighted by molar-refractivity contribution is 8.27. The molecule has 2 heterocycles. The maximum absolute atomic E-state index is 12.9. The number of furan rings is 1. The molecule has 0 unspecified atom stereocenters. The molecule has 1 amide bonds. The Morgan fingerprint density at radius 2 is 1.93 bits per heavy atom. The summed E-state index contributed by atoms with van der Waals surface area (Å²) < 4.78 is 6.26. The number of hydrogen-bond donors (Lipinski definition) is 0. The minimum Gasteiger partial charge on any atom is -0.457 e. The lowest BCUT2D eigenvalue weighted by molar-refractivity contribution is -0.113. The predicted octanol–water partition coefficient (Wildman–Crippen LogP) is 6.21. The van der Waals surface area contributed by atoms with Crippen molar-refractivity contribution in [1.29, 1.82) is 0 Å². The fraction of sp³-hybridized carbons (Fsp3) is 0.0455. The van der Waals surface area contributed by atoms with E-state index in [9.17, 15) is 9.59 Å². The summed E-state index contributed by atoms with van der Waals surface area (Å²) in [6.45, 7) is 1.48. The zero-order chi connectivity index (χ0) is 20.5. The smallest absolute Gasteiger partial charge is 0.270 e. The van der Waals surface area contributed by atoms with Gasteiger partial charge in [-0.25, -0.2) is 0 Å². The van der Waals surface area contributed by atoms with Gasteiger partial charge in [-0.05, 0) is 43.3 Å². The summed E-state index contributed by atoms with van der Waals surface area (Å²) in [6, 6.07) is 17.8. The SMILES string of the molecule is CC(=O)c1cccc(N2C(=O)C(=Cc3ccc(-c4cccc(Cl)c4)o3)SC2=S)c1. The van der Waals surface area contributed by atoms with Gasteiger partial charge >= 0.3 is 0 Å². The maximum atomic E-state index is 12.9. The lowest BCUT2D eigenvalue weighted by Crippen LogP contribution is -2.27. The number of thiocarbonyl (C=S) groups is 1. The molecule has 0 N–H and O–H groups in total. The van der Waals surface area contributed by atoms with E-state index in [4.69, 9.17) is 28.2 Å². The summed E-state index contributed by atoms with van der Waals surface area (Å²) in [4.78, 5) is 26.5. The highest BCUT2D eigenvalue weighted by atomic mass is 35.5. The van der Waals surface area contributed by atoms with Crippen LogP contribution in [-0.4, -0.2) is 16.0 Å². The van der Waals surface area contributed by atoms with Crippen molar-refractivity contribution in [3.8, 4) is 11.3 Å². The van der Waals surface area contributed by atoms with E-state index in [1.165, 1.54) is 23.6 Å². The molecule has 3 aromatic rings. The van der Waals surface area contributed by atoms with Gasteiger partial charge in [-0.1, -0.05) is 59.8 Å². The van der Waals surface area contributed by atoms with Gasteiger partial charge in [0.2, 0.25) is 0 Å². The van der Waals surface area contributed by atoms with E-state index in [0.29, 0.717) is 37.0 Å². The minimum absolute atomic E-state index is 0.0723. The van der Waals surface area contributed by atoms with Crippen LogP contribution in [0.15, 0.2) is 70.0 Å². The van der Waals surface area contributed by atoms with E-state index >= 15 is 0 Å². The third-order valence-corrected chi connectivity index (χ3v) is 5.85. The highest BCUT2D eigenvalue weighted by Gasteiger charge is 2.33. The van der Waals surface area contributed by atoms with Crippen molar-refractivity contribution in [2.45, 2.75) is 6.92 Å². The van der Waals surface area contributed by atoms with Crippen LogP contribution in [-0.2, 0) is 4.79 Å². The van der Waals surface area contributed by atoms with Crippen LogP contribution < -0.4 is 4.90 Å². The standard InChI is InChI=1S/C22H14ClNO3S2/c1-13(25)14-4-3-7-17(11-14)24-21(26)20(29-22(24)28)12-18-8-9-19(27-18)15-5-2-6-16(23)10-15/h2-12H,1H3. The first-order valence-corrected chi connectivity index (χ1v) is 10.3. The average Bonchev–Trinajstić information content (AvgIpc) is 3.27. The Bertz CT molecular complexity index is 1180. The van der Waals surface area contributed by atoms with Crippen molar-refractivity contribution < 1.29 is 14.0 Å². The molecule has 1 fully saturated rings. The molecule has 1 aromatic heterocycles. The fourth-order valence-corrected chi connectivity index (χ4v) is 4.38. The number of hydrogen-bond acceptors (Lipinski definition) is 5. The molecule has 0 saturated carbocycles. The molecule has 0 radical (unpaired) electrons. The van der Waals surface area contributed by atoms with Crippen LogP contribution >= 0.6 is 35.6 Å². The zero-order valence-electron chi connectivity index (χ0n) is 15.2. The normalized spacial score (nSPS) is 15.4. The average molecular weight is 440 g/mol. The number of benzene rings is 2. The van der Waals surface area contributed by atoms with E-state index in [2.05, 4.69) is 0 Å². The molecular formula is C22H14ClNO3S2. The molecule has 0 bridgehead atoms. The van der Waals surface area contributed by atoms with Gasteiger partial charge in [0.1, 0.15) is 11.5 Å². The first kappa shape index (κ1) is 19.6. The van der Waals surface area contributed by atoms with Gasteiger partial charge < -0.3 is 4.42 Å². The van der Waals surface area contributed by atoms with Crippen LogP contribution in [0.1, 0.15) is 23.0 Å². The molecule has 29 heavy (non-hydrogen) atoms. The summed E-state index contributed by atoms with van der Waals surface area (Å²) in [6.07, 6.45) is 1.67. The first-order chi connectivity index (χ1) is 13.9. The van der Waals surface area contributed by atoms with Crippen molar-refractivity contribution in [2.75, 3.05) is 4.90 Å². The molecule has 2 aromatic carbocycles. The second kappa shape index (κ2) is 7.99. The number of carbonyl (C=O) groups excluding carboxylic acids is 2. The number of amides is 1. The third-order valence-electron chi connectivity index (χ3n) is 4.31. The molecule has 0 aliphatic carbocycles. The van der Waals surface area contributed by atoms with Crippen molar-refractivity contribution in [1.82, 2.24) is 0 Å². The number of nitrogens with zero attached hydrogens (tertiary/aromatic N) is 1. The van der Waals surface area contributed by atoms with E-state index in [1.54, 1.807) is 42.5 Å². The number of Topliss-reactive ketones (excluding diaryl/α,β-unsaturated/α-hetero) is 1. The summed E-state index contributed by atoms with van der Waals surface area (Å²) in [7, 11) is 0. The predicted molar refractivity (Wildman–Crippen MR) is 121 cm³/mol. The Kier molecular flexibility index (Phi) is 5.41. The van der Waals surface area contributed by atoms with E-state index in [-0.39, 0.29) is 11.7 Å². The quantitative estimate of drug-likeness (QED) is 0.275. The van der Waals surface area contributed by atoms with Gasteiger partial charge in [-0.2, -0.15) is 0 Å². The Labute approximate surface area is 182 Å². The second-order valence-corrected chi connectivity index (χ2v) is 8.45. The Morgan fingerprint density at radius 3 is 2.69 bits per heavy atom. The largest absolute Gasteiger partial charge is 0.457 e. The van der Waals surface area contributed by atoms with Gasteiger partial charge in [0.05, 0.1) is 10.6 Å². The van der Waals surface area contributed by atoms with Crippen molar-refractivity contribution >= 4 is 63.4 Å². The molecular weight excluding hydrogens is 426 g/mol. The molecule has 1 aliphatic rings. The number of thioether (sulfide) groups is 1. The molecule has 0 atom stereocenters. The highest BCUT2D eigenvalue weighted by Crippen LogP contribution is 2.37. The van der Waals surface area contributed by atoms with Gasteiger partial charge in [0.25, 0.3) is 5.91 Å². The van der Waals surface area contributed by atoms with E-state index < -0.39 is 0 Å². The van der Waals surface area contributed by atoms with Gasteiger partial charge in [-0.3, -0.25) is 14.5 Å². The molecule has 144 valence electrons. The van der Waals surface area contributed by atoms with Crippen LogP contribution in [0.4, 0.5) is 5.69 Å². The number of halogens is 1. The Hall–Kier alpha value is -2.67. The topological polar surface area (TPSA) is 50.5 Å². The van der Waals surface area contributed by atoms with Crippen LogP contribution in [0.25, 0.3) is 17.4 Å². The lowest BCUT2D eigenvalue weighted by Gasteiger charge is -2.15. The summed E-state index contributed by atoms with van der Waals surface area (Å²) in [5.74, 6) is 0.875. The molecule has 1 saturated heterocycles. The molecule has 4 nitrogen and oxygen atoms in total. The fourth-order valence-electron chi connectivity index (χ4n) is 2.91. The van der Waals surface area contributed by atoms with Crippen molar-refractivity contribution in [3.63, 3.8) is 0 Å².